The van der Waals surface area contributed by atoms with E-state index in [1.54, 1.807) is 4.90 Å². The molecule has 1 heterocycles. The zero-order valence-corrected chi connectivity index (χ0v) is 13.0. The van der Waals surface area contributed by atoms with E-state index < -0.39 is 5.97 Å². The predicted molar refractivity (Wildman–Crippen MR) is 77.8 cm³/mol. The number of aliphatic carboxylic acids is 1. The molecule has 0 aliphatic carbocycles. The minimum atomic E-state index is -0.883. The molecular formula is C14H27N3O3. The zero-order chi connectivity index (χ0) is 15.3. The largest absolute Gasteiger partial charge is 0.481 e. The van der Waals surface area contributed by atoms with Gasteiger partial charge >= 0.3 is 12.0 Å². The Morgan fingerprint density at radius 2 is 1.85 bits per heavy atom. The summed E-state index contributed by atoms with van der Waals surface area (Å²) in [6.07, 6.45) is 1.86. The summed E-state index contributed by atoms with van der Waals surface area (Å²) in [6.45, 7) is 7.96. The van der Waals surface area contributed by atoms with E-state index in [4.69, 9.17) is 5.11 Å². The Balaban J connectivity index is 2.56. The second-order valence-electron chi connectivity index (χ2n) is 6.49. The van der Waals surface area contributed by atoms with Crippen LogP contribution in [0.25, 0.3) is 0 Å². The molecular weight excluding hydrogens is 258 g/mol. The Kier molecular flexibility index (Phi) is 5.80. The van der Waals surface area contributed by atoms with E-state index in [9.17, 15) is 9.59 Å². The van der Waals surface area contributed by atoms with Crippen molar-refractivity contribution in [3.05, 3.63) is 0 Å². The van der Waals surface area contributed by atoms with Crippen LogP contribution in [0.2, 0.25) is 0 Å². The molecule has 20 heavy (non-hydrogen) atoms. The first kappa shape index (κ1) is 16.8. The van der Waals surface area contributed by atoms with Gasteiger partial charge in [0.1, 0.15) is 0 Å². The first-order valence-corrected chi connectivity index (χ1v) is 7.18. The van der Waals surface area contributed by atoms with Crippen molar-refractivity contribution in [2.45, 2.75) is 51.6 Å². The van der Waals surface area contributed by atoms with Crippen LogP contribution in [0.3, 0.4) is 0 Å². The van der Waals surface area contributed by atoms with Gasteiger partial charge < -0.3 is 20.2 Å². The number of carboxylic acid groups (broad SMARTS) is 1. The molecule has 6 nitrogen and oxygen atoms in total. The lowest BCUT2D eigenvalue weighted by molar-refractivity contribution is -0.137. The van der Waals surface area contributed by atoms with Crippen LogP contribution in [-0.4, -0.2) is 65.2 Å². The number of piperidine rings is 1. The van der Waals surface area contributed by atoms with Crippen LogP contribution in [0, 0.1) is 0 Å². The lowest BCUT2D eigenvalue weighted by atomic mass is 10.0. The molecule has 0 saturated carbocycles. The van der Waals surface area contributed by atoms with Gasteiger partial charge in [0.05, 0.1) is 6.42 Å². The van der Waals surface area contributed by atoms with Crippen LogP contribution in [0.5, 0.6) is 0 Å². The third-order valence-electron chi connectivity index (χ3n) is 3.65. The van der Waals surface area contributed by atoms with Crippen molar-refractivity contribution in [2.24, 2.45) is 0 Å². The Morgan fingerprint density at radius 3 is 2.30 bits per heavy atom. The summed E-state index contributed by atoms with van der Waals surface area (Å²) in [6, 6.07) is 0.0293. The molecule has 0 atom stereocenters. The third kappa shape index (κ3) is 5.36. The van der Waals surface area contributed by atoms with Gasteiger partial charge in [-0.3, -0.25) is 4.79 Å². The maximum atomic E-state index is 12.4. The molecule has 1 saturated heterocycles. The van der Waals surface area contributed by atoms with Gasteiger partial charge in [0.25, 0.3) is 0 Å². The lowest BCUT2D eigenvalue weighted by Crippen LogP contribution is -2.54. The molecule has 1 fully saturated rings. The molecule has 1 rings (SSSR count). The second kappa shape index (κ2) is 6.92. The Hall–Kier alpha value is -1.30. The quantitative estimate of drug-likeness (QED) is 0.818. The molecule has 0 aromatic heterocycles. The van der Waals surface area contributed by atoms with E-state index in [0.29, 0.717) is 0 Å². The van der Waals surface area contributed by atoms with Crippen LogP contribution >= 0.6 is 0 Å². The van der Waals surface area contributed by atoms with Crippen LogP contribution in [-0.2, 0) is 4.79 Å². The molecule has 1 aliphatic rings. The first-order chi connectivity index (χ1) is 9.20. The maximum absolute atomic E-state index is 12.4. The first-order valence-electron chi connectivity index (χ1n) is 7.18. The number of carbonyl (C=O) groups excluding carboxylic acids is 1. The molecule has 0 aromatic rings. The molecule has 116 valence electrons. The number of hydrogen-bond donors (Lipinski definition) is 2. The number of carboxylic acids is 1. The van der Waals surface area contributed by atoms with Crippen LogP contribution < -0.4 is 5.32 Å². The standard InChI is InChI=1S/C14H27N3O3/c1-14(2,3)17(10-7-12(18)19)13(20)15-11-5-8-16(4)9-6-11/h11H,5-10H2,1-4H3,(H,15,20)(H,18,19). The van der Waals surface area contributed by atoms with Gasteiger partial charge in [0, 0.05) is 18.1 Å². The smallest absolute Gasteiger partial charge is 0.318 e. The van der Waals surface area contributed by atoms with Gasteiger partial charge in [-0.15, -0.1) is 0 Å². The van der Waals surface area contributed by atoms with Gasteiger partial charge in [-0.2, -0.15) is 0 Å². The summed E-state index contributed by atoms with van der Waals surface area (Å²) >= 11 is 0. The van der Waals surface area contributed by atoms with E-state index in [-0.39, 0.29) is 30.6 Å². The molecule has 0 spiro atoms. The summed E-state index contributed by atoms with van der Waals surface area (Å²) < 4.78 is 0. The number of nitrogens with one attached hydrogen (secondary N) is 1. The summed E-state index contributed by atoms with van der Waals surface area (Å²) in [5.74, 6) is -0.883. The highest BCUT2D eigenvalue weighted by atomic mass is 16.4. The predicted octanol–water partition coefficient (Wildman–Crippen LogP) is 1.37. The third-order valence-corrected chi connectivity index (χ3v) is 3.65. The summed E-state index contributed by atoms with van der Waals surface area (Å²) in [4.78, 5) is 26.9. The molecule has 0 bridgehead atoms. The fraction of sp³-hybridized carbons (Fsp3) is 0.857. The van der Waals surface area contributed by atoms with Crippen molar-refractivity contribution in [1.29, 1.82) is 0 Å². The maximum Gasteiger partial charge on any atom is 0.318 e. The van der Waals surface area contributed by atoms with Gasteiger partial charge in [-0.05, 0) is 53.8 Å². The van der Waals surface area contributed by atoms with Crippen molar-refractivity contribution in [2.75, 3.05) is 26.7 Å². The summed E-state index contributed by atoms with van der Waals surface area (Å²) in [5, 5.41) is 11.8. The molecule has 2 N–H and O–H groups in total. The number of amides is 2. The van der Waals surface area contributed by atoms with E-state index >= 15 is 0 Å². The molecule has 0 unspecified atom stereocenters. The number of nitrogens with zero attached hydrogens (tertiary/aromatic N) is 2. The van der Waals surface area contributed by atoms with Gasteiger partial charge in [-0.25, -0.2) is 4.79 Å². The Bertz CT molecular complexity index is 344. The van der Waals surface area contributed by atoms with Crippen molar-refractivity contribution < 1.29 is 14.7 Å². The number of rotatable bonds is 4. The number of likely N-dealkylation sites (tertiary alicyclic amines) is 1. The minimum Gasteiger partial charge on any atom is -0.481 e. The highest BCUT2D eigenvalue weighted by Crippen LogP contribution is 2.16. The van der Waals surface area contributed by atoms with E-state index in [0.717, 1.165) is 25.9 Å². The normalized spacial score (nSPS) is 17.8. The fourth-order valence-corrected chi connectivity index (χ4v) is 2.35. The number of urea groups is 1. The van der Waals surface area contributed by atoms with Crippen molar-refractivity contribution in [1.82, 2.24) is 15.1 Å². The van der Waals surface area contributed by atoms with Crippen LogP contribution in [0.1, 0.15) is 40.0 Å². The van der Waals surface area contributed by atoms with Crippen LogP contribution in [0.15, 0.2) is 0 Å². The molecule has 0 radical (unpaired) electrons. The van der Waals surface area contributed by atoms with Crippen LogP contribution in [0.4, 0.5) is 4.79 Å². The average Bonchev–Trinajstić information content (AvgIpc) is 2.30. The summed E-state index contributed by atoms with van der Waals surface area (Å²) in [5.41, 5.74) is -0.384. The van der Waals surface area contributed by atoms with E-state index in [1.165, 1.54) is 0 Å². The highest BCUT2D eigenvalue weighted by molar-refractivity contribution is 5.76. The lowest BCUT2D eigenvalue weighted by Gasteiger charge is -2.38. The summed E-state index contributed by atoms with van der Waals surface area (Å²) in [7, 11) is 2.08. The van der Waals surface area contributed by atoms with E-state index in [1.807, 2.05) is 20.8 Å². The molecule has 0 aromatic carbocycles. The van der Waals surface area contributed by atoms with Crippen molar-refractivity contribution >= 4 is 12.0 Å². The highest BCUT2D eigenvalue weighted by Gasteiger charge is 2.29. The molecule has 2 amide bonds. The SMILES string of the molecule is CN1CCC(NC(=O)N(CCC(=O)O)C(C)(C)C)CC1. The van der Waals surface area contributed by atoms with Gasteiger partial charge in [0.2, 0.25) is 0 Å². The Labute approximate surface area is 121 Å². The molecule has 6 heteroatoms. The van der Waals surface area contributed by atoms with Gasteiger partial charge in [0.15, 0.2) is 0 Å². The Morgan fingerprint density at radius 1 is 1.30 bits per heavy atom. The average molecular weight is 285 g/mol. The van der Waals surface area contributed by atoms with Gasteiger partial charge in [-0.1, -0.05) is 0 Å². The fourth-order valence-electron chi connectivity index (χ4n) is 2.35. The second-order valence-corrected chi connectivity index (χ2v) is 6.49. The van der Waals surface area contributed by atoms with Crippen molar-refractivity contribution in [3.63, 3.8) is 0 Å². The number of hydrogen-bond acceptors (Lipinski definition) is 3. The zero-order valence-electron chi connectivity index (χ0n) is 13.0. The monoisotopic (exact) mass is 285 g/mol. The molecule has 1 aliphatic heterocycles. The van der Waals surface area contributed by atoms with Crippen molar-refractivity contribution in [3.8, 4) is 0 Å². The van der Waals surface area contributed by atoms with E-state index in [2.05, 4.69) is 17.3 Å². The topological polar surface area (TPSA) is 72.9 Å². The number of carbonyl (C=O) groups is 2. The minimum absolute atomic E-state index is 0.0297.